The number of benzene rings is 1. The summed E-state index contributed by atoms with van der Waals surface area (Å²) in [6.07, 6.45) is 3.37. The molecule has 1 rings (SSSR count). The minimum absolute atomic E-state index is 0.0295. The second kappa shape index (κ2) is 8.53. The largest absolute Gasteiger partial charge is 0.492 e. The van der Waals surface area contributed by atoms with Gasteiger partial charge in [-0.05, 0) is 50.9 Å². The summed E-state index contributed by atoms with van der Waals surface area (Å²) in [6, 6.07) is 5.79. The number of aryl methyl sites for hydroxylation is 1. The summed E-state index contributed by atoms with van der Waals surface area (Å²) in [5, 5.41) is 2.90. The number of carbonyl (C=O) groups excluding carboxylic acids is 1. The fourth-order valence-corrected chi connectivity index (χ4v) is 1.83. The minimum atomic E-state index is 0.0295. The van der Waals surface area contributed by atoms with Crippen molar-refractivity contribution in [3.05, 3.63) is 23.8 Å². The molecule has 0 heterocycles. The Kier molecular flexibility index (Phi) is 6.97. The molecule has 1 amide bonds. The second-order valence-electron chi connectivity index (χ2n) is 4.58. The van der Waals surface area contributed by atoms with E-state index in [0.29, 0.717) is 19.6 Å². The molecule has 4 nitrogen and oxygen atoms in total. The highest BCUT2D eigenvalue weighted by atomic mass is 16.5. The maximum absolute atomic E-state index is 11.8. The van der Waals surface area contributed by atoms with Gasteiger partial charge in [-0.1, -0.05) is 12.5 Å². The summed E-state index contributed by atoms with van der Waals surface area (Å²) in [7, 11) is 0. The normalized spacial score (nSPS) is 10.3. The van der Waals surface area contributed by atoms with Crippen molar-refractivity contribution in [1.29, 1.82) is 0 Å². The van der Waals surface area contributed by atoms with Crippen molar-refractivity contribution < 1.29 is 9.53 Å². The third-order valence-electron chi connectivity index (χ3n) is 2.82. The summed E-state index contributed by atoms with van der Waals surface area (Å²) in [4.78, 5) is 11.8. The minimum Gasteiger partial charge on any atom is -0.492 e. The molecule has 1 aromatic carbocycles. The molecule has 19 heavy (non-hydrogen) atoms. The van der Waals surface area contributed by atoms with Crippen LogP contribution >= 0.6 is 0 Å². The van der Waals surface area contributed by atoms with Gasteiger partial charge in [0.25, 0.3) is 0 Å². The number of rotatable bonds is 8. The fraction of sp³-hybridized carbons (Fsp3) is 0.533. The van der Waals surface area contributed by atoms with Gasteiger partial charge in [-0.3, -0.25) is 4.79 Å². The van der Waals surface area contributed by atoms with Gasteiger partial charge in [0.15, 0.2) is 0 Å². The smallest absolute Gasteiger partial charge is 0.224 e. The molecular weight excluding hydrogens is 240 g/mol. The number of amides is 1. The molecule has 0 bridgehead atoms. The second-order valence-corrected chi connectivity index (χ2v) is 4.58. The highest BCUT2D eigenvalue weighted by Crippen LogP contribution is 2.26. The lowest BCUT2D eigenvalue weighted by Crippen LogP contribution is -2.12. The van der Waals surface area contributed by atoms with Crippen LogP contribution in [-0.2, 0) is 4.79 Å². The number of nitrogens with one attached hydrogen (secondary N) is 1. The van der Waals surface area contributed by atoms with Crippen molar-refractivity contribution in [2.75, 3.05) is 18.5 Å². The van der Waals surface area contributed by atoms with Crippen LogP contribution in [0.4, 0.5) is 5.69 Å². The Morgan fingerprint density at radius 3 is 2.79 bits per heavy atom. The monoisotopic (exact) mass is 264 g/mol. The zero-order valence-corrected chi connectivity index (χ0v) is 11.9. The van der Waals surface area contributed by atoms with Gasteiger partial charge in [-0.25, -0.2) is 0 Å². The zero-order valence-electron chi connectivity index (χ0n) is 11.9. The first-order valence-electron chi connectivity index (χ1n) is 6.90. The molecule has 0 aromatic heterocycles. The maximum atomic E-state index is 11.8. The van der Waals surface area contributed by atoms with Crippen molar-refractivity contribution in [2.45, 2.75) is 39.5 Å². The highest BCUT2D eigenvalue weighted by molar-refractivity contribution is 5.92. The number of carbonyl (C=O) groups is 1. The van der Waals surface area contributed by atoms with Crippen LogP contribution in [-0.4, -0.2) is 19.1 Å². The predicted molar refractivity (Wildman–Crippen MR) is 78.5 cm³/mol. The SMILES string of the molecule is CCOc1cc(C)ccc1NC(=O)CCCCCN. The van der Waals surface area contributed by atoms with E-state index < -0.39 is 0 Å². The summed E-state index contributed by atoms with van der Waals surface area (Å²) in [5.41, 5.74) is 7.28. The average Bonchev–Trinajstić information content (AvgIpc) is 2.38. The number of hydrogen-bond acceptors (Lipinski definition) is 3. The van der Waals surface area contributed by atoms with Crippen molar-refractivity contribution in [1.82, 2.24) is 0 Å². The maximum Gasteiger partial charge on any atom is 0.224 e. The summed E-state index contributed by atoms with van der Waals surface area (Å²) >= 11 is 0. The predicted octanol–water partition coefficient (Wildman–Crippen LogP) is 2.85. The van der Waals surface area contributed by atoms with Gasteiger partial charge in [0.05, 0.1) is 12.3 Å². The van der Waals surface area contributed by atoms with Crippen molar-refractivity contribution in [3.63, 3.8) is 0 Å². The van der Waals surface area contributed by atoms with E-state index in [1.54, 1.807) is 0 Å². The molecule has 4 heteroatoms. The molecule has 0 aliphatic carbocycles. The molecule has 0 atom stereocenters. The summed E-state index contributed by atoms with van der Waals surface area (Å²) in [5.74, 6) is 0.764. The standard InChI is InChI=1S/C15H24N2O2/c1-3-19-14-11-12(2)8-9-13(14)17-15(18)7-5-4-6-10-16/h8-9,11H,3-7,10,16H2,1-2H3,(H,17,18). The van der Waals surface area contributed by atoms with Crippen molar-refractivity contribution in [3.8, 4) is 5.75 Å². The molecule has 0 saturated heterocycles. The Morgan fingerprint density at radius 1 is 1.32 bits per heavy atom. The van der Waals surface area contributed by atoms with E-state index >= 15 is 0 Å². The molecule has 0 fully saturated rings. The first kappa shape index (κ1) is 15.5. The Balaban J connectivity index is 2.53. The van der Waals surface area contributed by atoms with Crippen LogP contribution in [0.3, 0.4) is 0 Å². The van der Waals surface area contributed by atoms with E-state index in [1.165, 1.54) is 0 Å². The Hall–Kier alpha value is -1.55. The van der Waals surface area contributed by atoms with Crippen LogP contribution < -0.4 is 15.8 Å². The summed E-state index contributed by atoms with van der Waals surface area (Å²) < 4.78 is 5.53. The van der Waals surface area contributed by atoms with Crippen LogP contribution in [0.25, 0.3) is 0 Å². The van der Waals surface area contributed by atoms with Crippen molar-refractivity contribution >= 4 is 11.6 Å². The number of ether oxygens (including phenoxy) is 1. The van der Waals surface area contributed by atoms with Crippen LogP contribution in [0.1, 0.15) is 38.2 Å². The van der Waals surface area contributed by atoms with E-state index in [0.717, 1.165) is 36.3 Å². The van der Waals surface area contributed by atoms with Gasteiger partial charge in [0.1, 0.15) is 5.75 Å². The Labute approximate surface area is 115 Å². The molecular formula is C15H24N2O2. The quantitative estimate of drug-likeness (QED) is 0.710. The Bertz CT molecular complexity index is 405. The first-order chi connectivity index (χ1) is 9.17. The van der Waals surface area contributed by atoms with E-state index in [2.05, 4.69) is 5.32 Å². The molecule has 106 valence electrons. The topological polar surface area (TPSA) is 64.3 Å². The van der Waals surface area contributed by atoms with E-state index in [9.17, 15) is 4.79 Å². The molecule has 0 aliphatic heterocycles. The third-order valence-corrected chi connectivity index (χ3v) is 2.82. The zero-order chi connectivity index (χ0) is 14.1. The molecule has 1 aromatic rings. The highest BCUT2D eigenvalue weighted by Gasteiger charge is 2.07. The van der Waals surface area contributed by atoms with Crippen LogP contribution in [0.5, 0.6) is 5.75 Å². The number of nitrogens with two attached hydrogens (primary N) is 1. The van der Waals surface area contributed by atoms with Gasteiger partial charge in [-0.2, -0.15) is 0 Å². The number of hydrogen-bond donors (Lipinski definition) is 2. The first-order valence-corrected chi connectivity index (χ1v) is 6.90. The van der Waals surface area contributed by atoms with Gasteiger partial charge >= 0.3 is 0 Å². The lowest BCUT2D eigenvalue weighted by atomic mass is 10.1. The molecule has 3 N–H and O–H groups in total. The van der Waals surface area contributed by atoms with Crippen LogP contribution in [0.2, 0.25) is 0 Å². The molecule has 0 spiro atoms. The van der Waals surface area contributed by atoms with E-state index in [1.807, 2.05) is 32.0 Å². The van der Waals surface area contributed by atoms with Crippen LogP contribution in [0, 0.1) is 6.92 Å². The average molecular weight is 264 g/mol. The molecule has 0 aliphatic rings. The van der Waals surface area contributed by atoms with Gasteiger partial charge in [0, 0.05) is 6.42 Å². The van der Waals surface area contributed by atoms with Crippen LogP contribution in [0.15, 0.2) is 18.2 Å². The third kappa shape index (κ3) is 5.75. The lowest BCUT2D eigenvalue weighted by Gasteiger charge is -2.12. The van der Waals surface area contributed by atoms with E-state index in [4.69, 9.17) is 10.5 Å². The van der Waals surface area contributed by atoms with Gasteiger partial charge in [-0.15, -0.1) is 0 Å². The number of anilines is 1. The summed E-state index contributed by atoms with van der Waals surface area (Å²) in [6.45, 7) is 5.21. The van der Waals surface area contributed by atoms with Gasteiger partial charge < -0.3 is 15.8 Å². The Morgan fingerprint density at radius 2 is 2.11 bits per heavy atom. The lowest BCUT2D eigenvalue weighted by molar-refractivity contribution is -0.116. The number of unbranched alkanes of at least 4 members (excludes halogenated alkanes) is 2. The van der Waals surface area contributed by atoms with E-state index in [-0.39, 0.29) is 5.91 Å². The molecule has 0 radical (unpaired) electrons. The molecule has 0 saturated carbocycles. The van der Waals surface area contributed by atoms with Crippen molar-refractivity contribution in [2.24, 2.45) is 5.73 Å². The fourth-order valence-electron chi connectivity index (χ4n) is 1.83. The van der Waals surface area contributed by atoms with Gasteiger partial charge in [0.2, 0.25) is 5.91 Å². The molecule has 0 unspecified atom stereocenters.